The van der Waals surface area contributed by atoms with E-state index in [9.17, 15) is 9.59 Å². The first-order valence-electron chi connectivity index (χ1n) is 5.49. The molecule has 0 saturated heterocycles. The Morgan fingerprint density at radius 2 is 1.31 bits per heavy atom. The van der Waals surface area contributed by atoms with E-state index in [1.807, 2.05) is 0 Å². The molecule has 2 aliphatic heterocycles. The molecule has 0 amide bonds. The Morgan fingerprint density at radius 3 is 1.62 bits per heavy atom. The number of allylic oxidation sites excluding steroid dienone is 2. The van der Waals surface area contributed by atoms with Crippen molar-refractivity contribution in [3.8, 4) is 0 Å². The molecule has 0 saturated carbocycles. The van der Waals surface area contributed by atoms with Crippen molar-refractivity contribution in [2.24, 2.45) is 0 Å². The Bertz CT molecular complexity index is 329. The van der Waals surface area contributed by atoms with Crippen LogP contribution in [0, 0.1) is 0 Å². The van der Waals surface area contributed by atoms with Gasteiger partial charge in [-0.15, -0.1) is 0 Å². The quantitative estimate of drug-likeness (QED) is 0.679. The van der Waals surface area contributed by atoms with Gasteiger partial charge in [0.15, 0.2) is 0 Å². The van der Waals surface area contributed by atoms with Crippen LogP contribution in [0.15, 0.2) is 23.7 Å². The molecule has 0 unspecified atom stereocenters. The van der Waals surface area contributed by atoms with Crippen LogP contribution in [-0.4, -0.2) is 24.8 Å². The van der Waals surface area contributed by atoms with Crippen molar-refractivity contribution < 1.29 is 19.1 Å². The molecule has 0 radical (unpaired) electrons. The molecule has 0 aromatic carbocycles. The van der Waals surface area contributed by atoms with Crippen LogP contribution < -0.4 is 0 Å². The Balaban J connectivity index is 2.06. The van der Waals surface area contributed by atoms with E-state index < -0.39 is 11.6 Å². The summed E-state index contributed by atoms with van der Waals surface area (Å²) >= 11 is 0. The fourth-order valence-electron chi connectivity index (χ4n) is 1.75. The first-order chi connectivity index (χ1) is 7.79. The van der Waals surface area contributed by atoms with Crippen LogP contribution >= 0.6 is 0 Å². The smallest absolute Gasteiger partial charge is 0.232 e. The van der Waals surface area contributed by atoms with Gasteiger partial charge in [0.25, 0.3) is 0 Å². The summed E-state index contributed by atoms with van der Waals surface area (Å²) in [5.74, 6) is -0.895. The zero-order chi connectivity index (χ0) is 11.4. The number of ketones is 2. The highest BCUT2D eigenvalue weighted by Gasteiger charge is 2.25. The van der Waals surface area contributed by atoms with Crippen molar-refractivity contribution >= 4 is 11.6 Å². The minimum atomic E-state index is -0.448. The lowest BCUT2D eigenvalue weighted by molar-refractivity contribution is -0.132. The largest absolute Gasteiger partial charge is 0.501 e. The number of rotatable bonds is 3. The molecular formula is C12H14O4. The van der Waals surface area contributed by atoms with Crippen LogP contribution in [0.4, 0.5) is 0 Å². The molecule has 0 bridgehead atoms. The molecule has 0 spiro atoms. The van der Waals surface area contributed by atoms with E-state index in [-0.39, 0.29) is 0 Å². The molecule has 2 aliphatic rings. The first-order valence-corrected chi connectivity index (χ1v) is 5.49. The van der Waals surface area contributed by atoms with Crippen molar-refractivity contribution in [1.29, 1.82) is 0 Å². The van der Waals surface area contributed by atoms with Crippen LogP contribution in [0.3, 0.4) is 0 Å². The topological polar surface area (TPSA) is 52.6 Å². The third kappa shape index (κ3) is 2.32. The van der Waals surface area contributed by atoms with E-state index in [4.69, 9.17) is 9.47 Å². The molecule has 0 atom stereocenters. The molecule has 86 valence electrons. The standard InChI is InChI=1S/C12H14O4/c13-11(9-3-1-5-15-7-9)12(14)10-4-2-6-16-8-10/h7-8H,1-6H2. The maximum absolute atomic E-state index is 11.8. The van der Waals surface area contributed by atoms with E-state index in [2.05, 4.69) is 0 Å². The van der Waals surface area contributed by atoms with Crippen molar-refractivity contribution in [3.63, 3.8) is 0 Å². The van der Waals surface area contributed by atoms with Gasteiger partial charge in [0.2, 0.25) is 11.6 Å². The molecule has 2 heterocycles. The zero-order valence-corrected chi connectivity index (χ0v) is 9.03. The van der Waals surface area contributed by atoms with Crippen LogP contribution in [0.25, 0.3) is 0 Å². The fourth-order valence-corrected chi connectivity index (χ4v) is 1.75. The Kier molecular flexibility index (Phi) is 3.39. The highest BCUT2D eigenvalue weighted by molar-refractivity contribution is 6.48. The van der Waals surface area contributed by atoms with Gasteiger partial charge >= 0.3 is 0 Å². The SMILES string of the molecule is O=C(C(=O)C1=COCCC1)C1=COCCC1. The lowest BCUT2D eigenvalue weighted by Crippen LogP contribution is -2.22. The second-order valence-electron chi connectivity index (χ2n) is 3.89. The Morgan fingerprint density at radius 1 is 0.875 bits per heavy atom. The summed E-state index contributed by atoms with van der Waals surface area (Å²) in [6.07, 6.45) is 5.65. The van der Waals surface area contributed by atoms with E-state index in [1.165, 1.54) is 12.5 Å². The predicted molar refractivity (Wildman–Crippen MR) is 56.6 cm³/mol. The van der Waals surface area contributed by atoms with E-state index in [0.29, 0.717) is 37.2 Å². The van der Waals surface area contributed by atoms with Crippen molar-refractivity contribution in [1.82, 2.24) is 0 Å². The monoisotopic (exact) mass is 222 g/mol. The summed E-state index contributed by atoms with van der Waals surface area (Å²) in [7, 11) is 0. The van der Waals surface area contributed by atoms with Gasteiger partial charge in [0, 0.05) is 11.1 Å². The van der Waals surface area contributed by atoms with Gasteiger partial charge in [0.1, 0.15) is 0 Å². The summed E-state index contributed by atoms with van der Waals surface area (Å²) in [5, 5.41) is 0. The van der Waals surface area contributed by atoms with Gasteiger partial charge in [-0.25, -0.2) is 0 Å². The third-order valence-electron chi connectivity index (χ3n) is 2.66. The van der Waals surface area contributed by atoms with Crippen molar-refractivity contribution in [2.45, 2.75) is 25.7 Å². The molecule has 0 N–H and O–H groups in total. The van der Waals surface area contributed by atoms with Crippen LogP contribution in [0.5, 0.6) is 0 Å². The molecule has 2 rings (SSSR count). The third-order valence-corrected chi connectivity index (χ3v) is 2.66. The number of Topliss-reactive ketones (excluding diaryl/α,β-unsaturated/α-hetero) is 2. The van der Waals surface area contributed by atoms with Gasteiger partial charge in [-0.05, 0) is 25.7 Å². The summed E-state index contributed by atoms with van der Waals surface area (Å²) in [6, 6.07) is 0. The Hall–Kier alpha value is -1.58. The average molecular weight is 222 g/mol. The highest BCUT2D eigenvalue weighted by Crippen LogP contribution is 2.18. The Labute approximate surface area is 93.9 Å². The molecule has 0 aromatic rings. The fraction of sp³-hybridized carbons (Fsp3) is 0.500. The second kappa shape index (κ2) is 4.96. The van der Waals surface area contributed by atoms with E-state index >= 15 is 0 Å². The molecule has 4 nitrogen and oxygen atoms in total. The lowest BCUT2D eigenvalue weighted by atomic mass is 9.96. The first kappa shape index (κ1) is 10.9. The summed E-state index contributed by atoms with van der Waals surface area (Å²) < 4.78 is 10.1. The molecule has 4 heteroatoms. The zero-order valence-electron chi connectivity index (χ0n) is 9.03. The summed E-state index contributed by atoms with van der Waals surface area (Å²) in [5.41, 5.74) is 0.949. The van der Waals surface area contributed by atoms with Gasteiger partial charge in [-0.3, -0.25) is 9.59 Å². The normalized spacial score (nSPS) is 20.0. The maximum Gasteiger partial charge on any atom is 0.232 e. The second-order valence-corrected chi connectivity index (χ2v) is 3.89. The molecule has 0 aromatic heterocycles. The van der Waals surface area contributed by atoms with E-state index in [0.717, 1.165) is 12.8 Å². The number of hydrogen-bond acceptors (Lipinski definition) is 4. The number of carbonyl (C=O) groups is 2. The van der Waals surface area contributed by atoms with Gasteiger partial charge in [-0.2, -0.15) is 0 Å². The highest BCUT2D eigenvalue weighted by atomic mass is 16.5. The van der Waals surface area contributed by atoms with Crippen molar-refractivity contribution in [2.75, 3.05) is 13.2 Å². The van der Waals surface area contributed by atoms with Crippen LogP contribution in [0.1, 0.15) is 25.7 Å². The maximum atomic E-state index is 11.8. The minimum Gasteiger partial charge on any atom is -0.501 e. The van der Waals surface area contributed by atoms with Crippen molar-refractivity contribution in [3.05, 3.63) is 23.7 Å². The molecular weight excluding hydrogens is 208 g/mol. The molecule has 0 aliphatic carbocycles. The number of ether oxygens (including phenoxy) is 2. The minimum absolute atomic E-state index is 0.448. The van der Waals surface area contributed by atoms with Crippen LogP contribution in [-0.2, 0) is 19.1 Å². The molecule has 16 heavy (non-hydrogen) atoms. The molecule has 0 fully saturated rings. The number of carbonyl (C=O) groups excluding carboxylic acids is 2. The summed E-state index contributed by atoms with van der Waals surface area (Å²) in [6.45, 7) is 1.24. The average Bonchev–Trinajstić information content (AvgIpc) is 2.39. The van der Waals surface area contributed by atoms with Crippen LogP contribution in [0.2, 0.25) is 0 Å². The van der Waals surface area contributed by atoms with Gasteiger partial charge in [-0.1, -0.05) is 0 Å². The van der Waals surface area contributed by atoms with E-state index in [1.54, 1.807) is 0 Å². The van der Waals surface area contributed by atoms with Gasteiger partial charge in [0.05, 0.1) is 25.7 Å². The lowest BCUT2D eigenvalue weighted by Gasteiger charge is -2.15. The summed E-state index contributed by atoms with van der Waals surface area (Å²) in [4.78, 5) is 23.6. The predicted octanol–water partition coefficient (Wildman–Crippen LogP) is 1.51. The van der Waals surface area contributed by atoms with Gasteiger partial charge < -0.3 is 9.47 Å². The number of hydrogen-bond donors (Lipinski definition) is 0.